The first kappa shape index (κ1) is 17.7. The van der Waals surface area contributed by atoms with E-state index in [9.17, 15) is 4.39 Å². The van der Waals surface area contributed by atoms with E-state index < -0.39 is 5.82 Å². The summed E-state index contributed by atoms with van der Waals surface area (Å²) in [6, 6.07) is 4.35. The highest BCUT2D eigenvalue weighted by atomic mass is 35.5. The van der Waals surface area contributed by atoms with Crippen LogP contribution in [-0.2, 0) is 0 Å². The SMILES string of the molecule is CC.C[C@]12CC[C@H](C1)C(/C=C(\N)Oc1c(F)cccc1Cl)=C2N. The van der Waals surface area contributed by atoms with Gasteiger partial charge in [0.05, 0.1) is 5.02 Å². The second-order valence-electron chi connectivity index (χ2n) is 6.07. The van der Waals surface area contributed by atoms with Crippen LogP contribution in [0.1, 0.15) is 40.0 Å². The van der Waals surface area contributed by atoms with Crippen LogP contribution in [0.25, 0.3) is 0 Å². The van der Waals surface area contributed by atoms with Gasteiger partial charge in [0, 0.05) is 17.2 Å². The molecule has 4 N–H and O–H groups in total. The molecule has 126 valence electrons. The molecule has 1 aromatic rings. The van der Waals surface area contributed by atoms with Crippen molar-refractivity contribution in [2.24, 2.45) is 22.8 Å². The molecular weight excluding hydrogens is 315 g/mol. The van der Waals surface area contributed by atoms with Crippen LogP contribution in [0, 0.1) is 17.2 Å². The van der Waals surface area contributed by atoms with Crippen LogP contribution in [0.2, 0.25) is 5.02 Å². The first-order valence-electron chi connectivity index (χ1n) is 8.00. The molecule has 2 aliphatic rings. The molecule has 0 aromatic heterocycles. The minimum atomic E-state index is -0.541. The van der Waals surface area contributed by atoms with Crippen molar-refractivity contribution >= 4 is 11.6 Å². The van der Waals surface area contributed by atoms with E-state index in [4.69, 9.17) is 27.8 Å². The standard InChI is InChI=1S/C16H18ClFN2O.C2H6/c1-16-6-5-9(8-16)10(15(16)20)7-13(19)21-14-11(17)3-2-4-12(14)18;1-2/h2-4,7,9H,5-6,8,19-20H2,1H3;1-2H3/b13-7+;/t9-,16+;/m1./s1. The number of halogens is 2. The number of hydrogen-bond donors (Lipinski definition) is 2. The highest BCUT2D eigenvalue weighted by Gasteiger charge is 2.46. The molecule has 0 radical (unpaired) electrons. The molecule has 5 heteroatoms. The summed E-state index contributed by atoms with van der Waals surface area (Å²) < 4.78 is 19.1. The zero-order chi connectivity index (χ0) is 17.2. The Kier molecular flexibility index (Phi) is 5.25. The minimum Gasteiger partial charge on any atom is -0.437 e. The van der Waals surface area contributed by atoms with E-state index in [0.29, 0.717) is 5.92 Å². The largest absolute Gasteiger partial charge is 0.437 e. The lowest BCUT2D eigenvalue weighted by Gasteiger charge is -2.23. The molecule has 0 heterocycles. The summed E-state index contributed by atoms with van der Waals surface area (Å²) >= 11 is 5.92. The summed E-state index contributed by atoms with van der Waals surface area (Å²) in [5, 5.41) is 0.188. The van der Waals surface area contributed by atoms with Crippen molar-refractivity contribution in [2.45, 2.75) is 40.0 Å². The minimum absolute atomic E-state index is 0.0542. The Labute approximate surface area is 142 Å². The smallest absolute Gasteiger partial charge is 0.191 e. The van der Waals surface area contributed by atoms with Gasteiger partial charge in [-0.05, 0) is 42.9 Å². The molecule has 0 saturated heterocycles. The second kappa shape index (κ2) is 6.83. The fraction of sp³-hybridized carbons (Fsp3) is 0.444. The van der Waals surface area contributed by atoms with Gasteiger partial charge in [0.15, 0.2) is 17.4 Å². The van der Waals surface area contributed by atoms with E-state index in [1.54, 1.807) is 12.1 Å². The Bertz CT molecular complexity index is 636. The van der Waals surface area contributed by atoms with Crippen molar-refractivity contribution in [3.63, 3.8) is 0 Å². The van der Waals surface area contributed by atoms with Gasteiger partial charge in [-0.2, -0.15) is 0 Å². The first-order chi connectivity index (χ1) is 10.9. The van der Waals surface area contributed by atoms with Crippen molar-refractivity contribution in [2.75, 3.05) is 0 Å². The van der Waals surface area contributed by atoms with Crippen LogP contribution >= 0.6 is 11.6 Å². The summed E-state index contributed by atoms with van der Waals surface area (Å²) in [6.45, 7) is 6.17. The maximum Gasteiger partial charge on any atom is 0.191 e. The third-order valence-corrected chi connectivity index (χ3v) is 4.88. The Balaban J connectivity index is 0.000000924. The first-order valence-corrected chi connectivity index (χ1v) is 8.38. The summed E-state index contributed by atoms with van der Waals surface area (Å²) in [7, 11) is 0. The van der Waals surface area contributed by atoms with Gasteiger partial charge in [0.1, 0.15) is 0 Å². The van der Waals surface area contributed by atoms with E-state index in [1.807, 2.05) is 13.8 Å². The molecule has 1 saturated carbocycles. The van der Waals surface area contributed by atoms with Crippen LogP contribution in [0.3, 0.4) is 0 Å². The number of nitrogens with two attached hydrogens (primary N) is 2. The van der Waals surface area contributed by atoms with Crippen molar-refractivity contribution < 1.29 is 9.13 Å². The zero-order valence-electron chi connectivity index (χ0n) is 13.8. The number of para-hydroxylation sites is 1. The second-order valence-corrected chi connectivity index (χ2v) is 6.48. The van der Waals surface area contributed by atoms with E-state index >= 15 is 0 Å². The number of ether oxygens (including phenoxy) is 1. The topological polar surface area (TPSA) is 61.3 Å². The monoisotopic (exact) mass is 338 g/mol. The van der Waals surface area contributed by atoms with Crippen molar-refractivity contribution in [3.05, 3.63) is 52.3 Å². The lowest BCUT2D eigenvalue weighted by atomic mass is 9.86. The van der Waals surface area contributed by atoms with Crippen LogP contribution in [0.15, 0.2) is 41.4 Å². The van der Waals surface area contributed by atoms with E-state index in [1.165, 1.54) is 12.1 Å². The summed E-state index contributed by atoms with van der Waals surface area (Å²) in [5.41, 5.74) is 14.1. The van der Waals surface area contributed by atoms with Gasteiger partial charge in [-0.3, -0.25) is 0 Å². The van der Waals surface area contributed by atoms with E-state index in [2.05, 4.69) is 6.92 Å². The summed E-state index contributed by atoms with van der Waals surface area (Å²) in [4.78, 5) is 0. The lowest BCUT2D eigenvalue weighted by molar-refractivity contribution is 0.390. The van der Waals surface area contributed by atoms with Gasteiger partial charge in [-0.15, -0.1) is 0 Å². The van der Waals surface area contributed by atoms with Gasteiger partial charge in [-0.1, -0.05) is 38.4 Å². The molecule has 0 unspecified atom stereocenters. The Morgan fingerprint density at radius 2 is 2.13 bits per heavy atom. The van der Waals surface area contributed by atoms with E-state index in [0.717, 1.165) is 30.5 Å². The van der Waals surface area contributed by atoms with Gasteiger partial charge >= 0.3 is 0 Å². The molecule has 2 atom stereocenters. The molecule has 2 bridgehead atoms. The quantitative estimate of drug-likeness (QED) is 0.784. The molecule has 2 aliphatic carbocycles. The number of fused-ring (bicyclic) bond motifs is 2. The molecule has 3 rings (SSSR count). The Morgan fingerprint density at radius 1 is 1.43 bits per heavy atom. The average molecular weight is 339 g/mol. The van der Waals surface area contributed by atoms with Gasteiger partial charge in [0.2, 0.25) is 0 Å². The van der Waals surface area contributed by atoms with Crippen molar-refractivity contribution in [1.29, 1.82) is 0 Å². The zero-order valence-corrected chi connectivity index (χ0v) is 14.6. The van der Waals surface area contributed by atoms with Crippen molar-refractivity contribution in [3.8, 4) is 5.75 Å². The summed E-state index contributed by atoms with van der Waals surface area (Å²) in [5.74, 6) is -0.0634. The Morgan fingerprint density at radius 3 is 2.70 bits per heavy atom. The van der Waals surface area contributed by atoms with E-state index in [-0.39, 0.29) is 22.1 Å². The summed E-state index contributed by atoms with van der Waals surface area (Å²) in [6.07, 6.45) is 4.99. The third kappa shape index (κ3) is 3.32. The highest BCUT2D eigenvalue weighted by molar-refractivity contribution is 6.32. The number of allylic oxidation sites excluding steroid dienone is 3. The predicted octanol–water partition coefficient (Wildman–Crippen LogP) is 4.72. The van der Waals surface area contributed by atoms with Crippen LogP contribution in [0.4, 0.5) is 4.39 Å². The van der Waals surface area contributed by atoms with Crippen LogP contribution in [-0.4, -0.2) is 0 Å². The third-order valence-electron chi connectivity index (χ3n) is 4.58. The van der Waals surface area contributed by atoms with Gasteiger partial charge in [-0.25, -0.2) is 4.39 Å². The molecule has 0 aliphatic heterocycles. The Hall–Kier alpha value is -1.68. The molecule has 0 amide bonds. The highest BCUT2D eigenvalue weighted by Crippen LogP contribution is 2.55. The van der Waals surface area contributed by atoms with Crippen molar-refractivity contribution in [1.82, 2.24) is 0 Å². The predicted molar refractivity (Wildman–Crippen MR) is 92.3 cm³/mol. The number of hydrogen-bond acceptors (Lipinski definition) is 3. The average Bonchev–Trinajstić information content (AvgIpc) is 3.02. The van der Waals surface area contributed by atoms with Gasteiger partial charge < -0.3 is 16.2 Å². The molecule has 1 aromatic carbocycles. The molecule has 0 spiro atoms. The number of benzene rings is 1. The fourth-order valence-electron chi connectivity index (χ4n) is 3.40. The normalized spacial score (nSPS) is 26.1. The fourth-order valence-corrected chi connectivity index (χ4v) is 3.60. The maximum absolute atomic E-state index is 13.7. The van der Waals surface area contributed by atoms with Gasteiger partial charge in [0.25, 0.3) is 0 Å². The van der Waals surface area contributed by atoms with Crippen LogP contribution in [0.5, 0.6) is 5.75 Å². The van der Waals surface area contributed by atoms with Crippen LogP contribution < -0.4 is 16.2 Å². The molecule has 3 nitrogen and oxygen atoms in total. The number of rotatable bonds is 3. The molecule has 1 fully saturated rings. The lowest BCUT2D eigenvalue weighted by Crippen LogP contribution is -2.20. The molecule has 23 heavy (non-hydrogen) atoms. The maximum atomic E-state index is 13.7. The molecular formula is C18H24ClFN2O.